The fourth-order valence-electron chi connectivity index (χ4n) is 4.33. The van der Waals surface area contributed by atoms with E-state index in [1.165, 1.54) is 6.07 Å². The van der Waals surface area contributed by atoms with Crippen LogP contribution in [-0.4, -0.2) is 34.0 Å². The van der Waals surface area contributed by atoms with Gasteiger partial charge in [0.05, 0.1) is 30.4 Å². The summed E-state index contributed by atoms with van der Waals surface area (Å²) in [6, 6.07) is 12.5. The van der Waals surface area contributed by atoms with Crippen LogP contribution in [0.1, 0.15) is 43.5 Å². The Bertz CT molecular complexity index is 1180. The van der Waals surface area contributed by atoms with Crippen LogP contribution in [0.2, 0.25) is 0 Å². The fourth-order valence-corrected chi connectivity index (χ4v) is 4.33. The Morgan fingerprint density at radius 2 is 1.97 bits per heavy atom. The number of halogens is 1. The molecule has 32 heavy (non-hydrogen) atoms. The highest BCUT2D eigenvalue weighted by atomic mass is 19.1. The quantitative estimate of drug-likeness (QED) is 0.515. The zero-order valence-electron chi connectivity index (χ0n) is 18.9. The number of likely N-dealkylation sites (tertiary alicyclic amines) is 1. The van der Waals surface area contributed by atoms with Crippen molar-refractivity contribution in [1.82, 2.24) is 14.5 Å². The van der Waals surface area contributed by atoms with Gasteiger partial charge in [-0.15, -0.1) is 0 Å². The van der Waals surface area contributed by atoms with Gasteiger partial charge >= 0.3 is 0 Å². The molecule has 1 amide bonds. The number of aromatic nitrogens is 2. The lowest BCUT2D eigenvalue weighted by Gasteiger charge is -2.42. The largest absolute Gasteiger partial charge is 0.495 e. The Labute approximate surface area is 188 Å². The van der Waals surface area contributed by atoms with E-state index in [0.717, 1.165) is 23.4 Å². The van der Waals surface area contributed by atoms with E-state index in [4.69, 9.17) is 4.74 Å². The number of amides is 1. The average Bonchev–Trinajstić information content (AvgIpc) is 3.21. The number of ether oxygens (including phenoxy) is 1. The molecule has 0 N–H and O–H groups in total. The number of carbonyl (C=O) groups is 1. The molecule has 6 heteroatoms. The van der Waals surface area contributed by atoms with Crippen LogP contribution in [0, 0.1) is 12.7 Å². The summed E-state index contributed by atoms with van der Waals surface area (Å²) < 4.78 is 22.0. The third kappa shape index (κ3) is 4.05. The van der Waals surface area contributed by atoms with Gasteiger partial charge in [0, 0.05) is 23.9 Å². The molecule has 0 spiro atoms. The van der Waals surface area contributed by atoms with Crippen molar-refractivity contribution < 1.29 is 13.9 Å². The van der Waals surface area contributed by atoms with E-state index in [1.807, 2.05) is 55.8 Å². The van der Waals surface area contributed by atoms with Gasteiger partial charge in [0.2, 0.25) is 0 Å². The van der Waals surface area contributed by atoms with Gasteiger partial charge in [0.15, 0.2) is 0 Å². The number of methoxy groups -OCH3 is 1. The second-order valence-corrected chi connectivity index (χ2v) is 8.62. The van der Waals surface area contributed by atoms with Gasteiger partial charge in [-0.3, -0.25) is 4.79 Å². The summed E-state index contributed by atoms with van der Waals surface area (Å²) in [5, 5.41) is 0. The molecular formula is C26H28FN3O2. The van der Waals surface area contributed by atoms with Crippen LogP contribution in [0.4, 0.5) is 4.39 Å². The number of hydrogen-bond donors (Lipinski definition) is 0. The van der Waals surface area contributed by atoms with Crippen LogP contribution in [0.5, 0.6) is 5.75 Å². The van der Waals surface area contributed by atoms with Crippen LogP contribution < -0.4 is 4.74 Å². The van der Waals surface area contributed by atoms with E-state index in [-0.39, 0.29) is 11.7 Å². The minimum absolute atomic E-state index is 0.0576. The van der Waals surface area contributed by atoms with E-state index in [9.17, 15) is 9.18 Å². The molecule has 1 saturated heterocycles. The summed E-state index contributed by atoms with van der Waals surface area (Å²) in [5.41, 5.74) is 3.18. The SMILES string of the molecule is COc1cc(/C=C2\CCCN(C(C)(C)c3ccccc3F)C2=O)ccc1-n1cnc(C)c1. The second kappa shape index (κ2) is 8.61. The summed E-state index contributed by atoms with van der Waals surface area (Å²) >= 11 is 0. The van der Waals surface area contributed by atoms with Crippen molar-refractivity contribution >= 4 is 12.0 Å². The van der Waals surface area contributed by atoms with Crippen LogP contribution in [-0.2, 0) is 10.3 Å². The minimum Gasteiger partial charge on any atom is -0.495 e. The number of carbonyl (C=O) groups excluding carboxylic acids is 1. The van der Waals surface area contributed by atoms with Crippen LogP contribution >= 0.6 is 0 Å². The van der Waals surface area contributed by atoms with E-state index >= 15 is 0 Å². The molecule has 1 aliphatic rings. The van der Waals surface area contributed by atoms with Crippen molar-refractivity contribution in [3.8, 4) is 11.4 Å². The van der Waals surface area contributed by atoms with E-state index in [0.29, 0.717) is 29.9 Å². The zero-order valence-corrected chi connectivity index (χ0v) is 18.9. The number of nitrogens with zero attached hydrogens (tertiary/aromatic N) is 3. The van der Waals surface area contributed by atoms with Gasteiger partial charge in [-0.2, -0.15) is 0 Å². The van der Waals surface area contributed by atoms with Crippen molar-refractivity contribution in [2.45, 2.75) is 39.2 Å². The summed E-state index contributed by atoms with van der Waals surface area (Å²) in [5.74, 6) is 0.345. The first-order chi connectivity index (χ1) is 15.3. The van der Waals surface area contributed by atoms with Crippen molar-refractivity contribution in [3.05, 3.63) is 83.2 Å². The fraction of sp³-hybridized carbons (Fsp3) is 0.308. The lowest BCUT2D eigenvalue weighted by atomic mass is 9.88. The predicted molar refractivity (Wildman–Crippen MR) is 123 cm³/mol. The number of rotatable bonds is 5. The molecule has 5 nitrogen and oxygen atoms in total. The van der Waals surface area contributed by atoms with Crippen molar-refractivity contribution in [3.63, 3.8) is 0 Å². The molecule has 0 radical (unpaired) electrons. The molecule has 166 valence electrons. The molecule has 0 saturated carbocycles. The molecule has 0 unspecified atom stereocenters. The maximum atomic E-state index is 14.5. The molecule has 1 aliphatic heterocycles. The Balaban J connectivity index is 1.64. The van der Waals surface area contributed by atoms with Crippen molar-refractivity contribution in [2.24, 2.45) is 0 Å². The smallest absolute Gasteiger partial charge is 0.250 e. The van der Waals surface area contributed by atoms with E-state index < -0.39 is 5.54 Å². The first-order valence-corrected chi connectivity index (χ1v) is 10.8. The maximum Gasteiger partial charge on any atom is 0.250 e. The van der Waals surface area contributed by atoms with Gasteiger partial charge in [-0.25, -0.2) is 9.37 Å². The zero-order chi connectivity index (χ0) is 22.9. The molecular weight excluding hydrogens is 405 g/mol. The second-order valence-electron chi connectivity index (χ2n) is 8.62. The number of aryl methyl sites for hydroxylation is 1. The first-order valence-electron chi connectivity index (χ1n) is 10.8. The lowest BCUT2D eigenvalue weighted by molar-refractivity contribution is -0.134. The van der Waals surface area contributed by atoms with Crippen LogP contribution in [0.3, 0.4) is 0 Å². The first kappa shape index (κ1) is 21.8. The Morgan fingerprint density at radius 1 is 1.19 bits per heavy atom. The van der Waals surface area contributed by atoms with Crippen molar-refractivity contribution in [2.75, 3.05) is 13.7 Å². The van der Waals surface area contributed by atoms with Crippen LogP contribution in [0.15, 0.2) is 60.6 Å². The van der Waals surface area contributed by atoms with Crippen molar-refractivity contribution in [1.29, 1.82) is 0 Å². The third-order valence-corrected chi connectivity index (χ3v) is 6.09. The normalized spacial score (nSPS) is 16.0. The summed E-state index contributed by atoms with van der Waals surface area (Å²) in [6.07, 6.45) is 7.12. The number of benzene rings is 2. The highest BCUT2D eigenvalue weighted by Crippen LogP contribution is 2.35. The van der Waals surface area contributed by atoms with Gasteiger partial charge in [-0.1, -0.05) is 24.3 Å². The molecule has 0 atom stereocenters. The monoisotopic (exact) mass is 433 g/mol. The molecule has 0 bridgehead atoms. The highest BCUT2D eigenvalue weighted by Gasteiger charge is 2.37. The van der Waals surface area contributed by atoms with Gasteiger partial charge in [0.1, 0.15) is 11.6 Å². The average molecular weight is 434 g/mol. The Hall–Kier alpha value is -3.41. The summed E-state index contributed by atoms with van der Waals surface area (Å²) in [6.45, 7) is 6.33. The molecule has 2 heterocycles. The van der Waals surface area contributed by atoms with Gasteiger partial charge < -0.3 is 14.2 Å². The molecule has 0 aliphatic carbocycles. The maximum absolute atomic E-state index is 14.5. The van der Waals surface area contributed by atoms with Crippen LogP contribution in [0.25, 0.3) is 11.8 Å². The Morgan fingerprint density at radius 3 is 2.66 bits per heavy atom. The number of hydrogen-bond acceptors (Lipinski definition) is 3. The predicted octanol–water partition coefficient (Wildman–Crippen LogP) is 5.27. The third-order valence-electron chi connectivity index (χ3n) is 6.09. The van der Waals surface area contributed by atoms with E-state index in [2.05, 4.69) is 4.98 Å². The van der Waals surface area contributed by atoms with E-state index in [1.54, 1.807) is 36.5 Å². The molecule has 2 aromatic carbocycles. The highest BCUT2D eigenvalue weighted by molar-refractivity contribution is 5.99. The molecule has 3 aromatic rings. The Kier molecular flexibility index (Phi) is 5.87. The lowest BCUT2D eigenvalue weighted by Crippen LogP contribution is -2.49. The topological polar surface area (TPSA) is 47.4 Å². The molecule has 1 fully saturated rings. The summed E-state index contributed by atoms with van der Waals surface area (Å²) in [4.78, 5) is 19.5. The number of piperidine rings is 1. The molecule has 4 rings (SSSR count). The van der Waals surface area contributed by atoms with Gasteiger partial charge in [-0.05, 0) is 63.5 Å². The molecule has 1 aromatic heterocycles. The minimum atomic E-state index is -0.747. The standard InChI is InChI=1S/C26H28FN3O2/c1-18-16-29(17-28-18)23-12-11-19(15-24(23)32-4)14-20-8-7-13-30(25(20)31)26(2,3)21-9-5-6-10-22(21)27/h5-6,9-12,14-17H,7-8,13H2,1-4H3/b20-14+. The van der Waals surface area contributed by atoms with Gasteiger partial charge in [0.25, 0.3) is 5.91 Å². The summed E-state index contributed by atoms with van der Waals surface area (Å²) in [7, 11) is 1.63. The number of imidazole rings is 1.